The van der Waals surface area contributed by atoms with Crippen LogP contribution in [0.4, 0.5) is 0 Å². The van der Waals surface area contributed by atoms with E-state index in [0.717, 1.165) is 12.8 Å². The van der Waals surface area contributed by atoms with Crippen LogP contribution in [0.15, 0.2) is 60.7 Å². The van der Waals surface area contributed by atoms with Gasteiger partial charge in [0.15, 0.2) is 6.16 Å². The number of ether oxygens (including phenoxy) is 1. The predicted octanol–water partition coefficient (Wildman–Crippen LogP) is 6.48. The van der Waals surface area contributed by atoms with Crippen molar-refractivity contribution >= 4 is 7.94 Å². The fraction of sp³-hybridized carbons (Fsp3) is 0.538. The van der Waals surface area contributed by atoms with Gasteiger partial charge in [-0.25, -0.2) is 0 Å². The second kappa shape index (κ2) is 15.5. The molecule has 2 aromatic rings. The number of hydrogen-bond acceptors (Lipinski definition) is 4. The second-order valence-corrected chi connectivity index (χ2v) is 10.2. The molecule has 3 N–H and O–H groups in total. The molecule has 5 heteroatoms. The molecular formula is C26H40O4P+. The van der Waals surface area contributed by atoms with E-state index in [1.165, 1.54) is 62.5 Å². The Morgan fingerprint density at radius 1 is 0.581 bits per heavy atom. The van der Waals surface area contributed by atoms with Crippen molar-refractivity contribution in [1.82, 2.24) is 0 Å². The molecule has 0 heterocycles. The number of unbranched alkanes of at least 4 members (excludes halogenated alkanes) is 8. The summed E-state index contributed by atoms with van der Waals surface area (Å²) in [6, 6.07) is 21.8. The second-order valence-electron chi connectivity index (χ2n) is 8.37. The van der Waals surface area contributed by atoms with E-state index in [0.29, 0.717) is 12.5 Å². The van der Waals surface area contributed by atoms with E-state index in [4.69, 9.17) is 19.4 Å². The Kier molecular flexibility index (Phi) is 13.0. The van der Waals surface area contributed by atoms with Crippen molar-refractivity contribution in [2.45, 2.75) is 70.1 Å². The van der Waals surface area contributed by atoms with Gasteiger partial charge in [-0.15, -0.1) is 0 Å². The van der Waals surface area contributed by atoms with Gasteiger partial charge < -0.3 is 4.74 Å². The summed E-state index contributed by atoms with van der Waals surface area (Å²) in [6.45, 7) is 0.844. The van der Waals surface area contributed by atoms with Crippen LogP contribution in [0.25, 0.3) is 0 Å². The fourth-order valence-corrected chi connectivity index (χ4v) is 4.35. The lowest BCUT2D eigenvalue weighted by molar-refractivity contribution is 0.139. The summed E-state index contributed by atoms with van der Waals surface area (Å²) in [4.78, 5) is 26.6. The highest BCUT2D eigenvalue weighted by molar-refractivity contribution is 7.58. The molecule has 172 valence electrons. The molecule has 0 radical (unpaired) electrons. The van der Waals surface area contributed by atoms with Crippen molar-refractivity contribution in [3.63, 3.8) is 0 Å². The lowest BCUT2D eigenvalue weighted by Gasteiger charge is -2.18. The normalized spacial score (nSPS) is 11.9. The molecule has 31 heavy (non-hydrogen) atoms. The van der Waals surface area contributed by atoms with Crippen LogP contribution in [-0.4, -0.2) is 34.1 Å². The Morgan fingerprint density at radius 3 is 1.52 bits per heavy atom. The van der Waals surface area contributed by atoms with Gasteiger partial charge in [0, 0.05) is 12.5 Å². The first-order chi connectivity index (χ1) is 15.1. The van der Waals surface area contributed by atoms with Crippen LogP contribution >= 0.6 is 7.94 Å². The molecule has 0 aliphatic heterocycles. The standard InChI is InChI=1S/C26H40O4P/c27-31(28,29)23-22-30-21-15-7-5-3-1-2-4-6-14-20-26(24-16-10-8-11-17-24)25-18-12-9-13-19-25/h8-13,16-19,26-29H,1-7,14-15,20-23H2/q+1. The first kappa shape index (κ1) is 26.0. The van der Waals surface area contributed by atoms with Crippen LogP contribution in [0.1, 0.15) is 81.3 Å². The minimum atomic E-state index is -3.66. The number of rotatable bonds is 17. The van der Waals surface area contributed by atoms with Crippen molar-refractivity contribution in [3.05, 3.63) is 71.8 Å². The minimum Gasteiger partial charge on any atom is -0.377 e. The van der Waals surface area contributed by atoms with Crippen LogP contribution in [0, 0.1) is 0 Å². The van der Waals surface area contributed by atoms with Crippen molar-refractivity contribution in [3.8, 4) is 0 Å². The SMILES string of the molecule is O[P+](O)(O)CCOCCCCCCCCCCCC(c1ccccc1)c1ccccc1. The molecular weight excluding hydrogens is 407 g/mol. The van der Waals surface area contributed by atoms with Gasteiger partial charge in [0.05, 0.1) is 6.61 Å². The molecule has 0 saturated carbocycles. The quantitative estimate of drug-likeness (QED) is 0.192. The summed E-state index contributed by atoms with van der Waals surface area (Å²) in [5.74, 6) is 0.495. The lowest BCUT2D eigenvalue weighted by Crippen LogP contribution is -2.05. The third kappa shape index (κ3) is 12.4. The summed E-state index contributed by atoms with van der Waals surface area (Å²) in [7, 11) is -3.66. The summed E-state index contributed by atoms with van der Waals surface area (Å²) in [5.41, 5.74) is 2.84. The lowest BCUT2D eigenvalue weighted by atomic mass is 9.87. The van der Waals surface area contributed by atoms with Gasteiger partial charge in [0.25, 0.3) is 0 Å². The molecule has 4 nitrogen and oxygen atoms in total. The highest BCUT2D eigenvalue weighted by Crippen LogP contribution is 2.43. The Labute approximate surface area is 188 Å². The monoisotopic (exact) mass is 447 g/mol. The minimum absolute atomic E-state index is 0.0650. The van der Waals surface area contributed by atoms with E-state index in [1.54, 1.807) is 0 Å². The van der Waals surface area contributed by atoms with Gasteiger partial charge in [-0.05, 0) is 24.0 Å². The average molecular weight is 448 g/mol. The highest BCUT2D eigenvalue weighted by Gasteiger charge is 2.28. The Bertz CT molecular complexity index is 633. The van der Waals surface area contributed by atoms with Crippen LogP contribution in [0.2, 0.25) is 0 Å². The molecule has 0 aliphatic rings. The van der Waals surface area contributed by atoms with Gasteiger partial charge >= 0.3 is 7.94 Å². The number of hydrogen-bond donors (Lipinski definition) is 3. The van der Waals surface area contributed by atoms with E-state index in [1.807, 2.05) is 0 Å². The zero-order valence-corrected chi connectivity index (χ0v) is 19.6. The number of benzene rings is 2. The molecule has 0 unspecified atom stereocenters. The topological polar surface area (TPSA) is 69.9 Å². The Morgan fingerprint density at radius 2 is 1.03 bits per heavy atom. The van der Waals surface area contributed by atoms with E-state index < -0.39 is 7.94 Å². The van der Waals surface area contributed by atoms with Crippen LogP contribution < -0.4 is 0 Å². The maximum atomic E-state index is 8.87. The van der Waals surface area contributed by atoms with E-state index in [2.05, 4.69) is 60.7 Å². The van der Waals surface area contributed by atoms with Gasteiger partial charge in [-0.1, -0.05) is 112 Å². The summed E-state index contributed by atoms with van der Waals surface area (Å²) < 4.78 is 5.31. The third-order valence-electron chi connectivity index (χ3n) is 5.72. The molecule has 0 saturated heterocycles. The van der Waals surface area contributed by atoms with E-state index in [9.17, 15) is 0 Å². The molecule has 0 bridgehead atoms. The molecule has 0 fully saturated rings. The Hall–Kier alpha value is -1.29. The predicted molar refractivity (Wildman–Crippen MR) is 130 cm³/mol. The van der Waals surface area contributed by atoms with E-state index >= 15 is 0 Å². The third-order valence-corrected chi connectivity index (χ3v) is 6.50. The summed E-state index contributed by atoms with van der Waals surface area (Å²) in [5, 5.41) is 0. The smallest absolute Gasteiger partial charge is 0.377 e. The first-order valence-corrected chi connectivity index (χ1v) is 13.6. The van der Waals surface area contributed by atoms with Crippen molar-refractivity contribution in [2.24, 2.45) is 0 Å². The molecule has 2 aromatic carbocycles. The average Bonchev–Trinajstić information content (AvgIpc) is 2.77. The summed E-state index contributed by atoms with van der Waals surface area (Å²) in [6.07, 6.45) is 12.3. The molecule has 0 atom stereocenters. The molecule has 2 rings (SSSR count). The molecule has 0 aliphatic carbocycles. The van der Waals surface area contributed by atoms with Crippen molar-refractivity contribution in [2.75, 3.05) is 19.4 Å². The first-order valence-electron chi connectivity index (χ1n) is 11.8. The zero-order valence-electron chi connectivity index (χ0n) is 18.7. The molecule has 0 aromatic heterocycles. The molecule has 0 amide bonds. The molecule has 0 spiro atoms. The van der Waals surface area contributed by atoms with Crippen LogP contribution in [-0.2, 0) is 4.74 Å². The summed E-state index contributed by atoms with van der Waals surface area (Å²) >= 11 is 0. The fourth-order valence-electron chi connectivity index (χ4n) is 3.98. The van der Waals surface area contributed by atoms with Gasteiger partial charge in [0.1, 0.15) is 0 Å². The maximum Gasteiger partial charge on any atom is 0.406 e. The zero-order chi connectivity index (χ0) is 22.2. The van der Waals surface area contributed by atoms with Gasteiger partial charge in [-0.2, -0.15) is 14.7 Å². The van der Waals surface area contributed by atoms with Gasteiger partial charge in [-0.3, -0.25) is 0 Å². The highest BCUT2D eigenvalue weighted by atomic mass is 31.2. The van der Waals surface area contributed by atoms with Crippen LogP contribution in [0.5, 0.6) is 0 Å². The van der Waals surface area contributed by atoms with Gasteiger partial charge in [0.2, 0.25) is 0 Å². The largest absolute Gasteiger partial charge is 0.406 e. The van der Waals surface area contributed by atoms with Crippen molar-refractivity contribution in [1.29, 1.82) is 0 Å². The van der Waals surface area contributed by atoms with E-state index in [-0.39, 0.29) is 12.8 Å². The van der Waals surface area contributed by atoms with Crippen molar-refractivity contribution < 1.29 is 19.4 Å². The maximum absolute atomic E-state index is 8.87. The van der Waals surface area contributed by atoms with Crippen LogP contribution in [0.3, 0.4) is 0 Å². The Balaban J connectivity index is 1.49.